The van der Waals surface area contributed by atoms with E-state index in [0.29, 0.717) is 11.5 Å². The van der Waals surface area contributed by atoms with Gasteiger partial charge in [0.15, 0.2) is 0 Å². The summed E-state index contributed by atoms with van der Waals surface area (Å²) in [4.78, 5) is 14.4. The lowest BCUT2D eigenvalue weighted by Crippen LogP contribution is -2.51. The Morgan fingerprint density at radius 1 is 1.22 bits per heavy atom. The Morgan fingerprint density at radius 3 is 2.52 bits per heavy atom. The van der Waals surface area contributed by atoms with Crippen molar-refractivity contribution in [3.8, 4) is 6.07 Å². The molecule has 1 heterocycles. The van der Waals surface area contributed by atoms with Gasteiger partial charge in [-0.25, -0.2) is 4.39 Å². The van der Waals surface area contributed by atoms with Crippen LogP contribution in [-0.2, 0) is 4.79 Å². The van der Waals surface area contributed by atoms with E-state index in [0.717, 1.165) is 29.8 Å². The van der Waals surface area contributed by atoms with Crippen molar-refractivity contribution in [2.24, 2.45) is 11.8 Å². The lowest BCUT2D eigenvalue weighted by atomic mass is 9.79. The number of carbonyl (C=O) groups is 1. The molecule has 5 heteroatoms. The van der Waals surface area contributed by atoms with Gasteiger partial charge in [-0.15, -0.1) is 0 Å². The third-order valence-electron chi connectivity index (χ3n) is 5.72. The predicted molar refractivity (Wildman–Crippen MR) is 103 cm³/mol. The van der Waals surface area contributed by atoms with Crippen LogP contribution in [0.4, 0.5) is 15.8 Å². The number of nitriles is 1. The number of hydrogen-bond donors (Lipinski definition) is 1. The monoisotopic (exact) mass is 363 g/mol. The Hall–Kier alpha value is -2.87. The first-order chi connectivity index (χ1) is 13.0. The Bertz CT molecular complexity index is 914. The van der Waals surface area contributed by atoms with Crippen LogP contribution in [0.3, 0.4) is 0 Å². The maximum absolute atomic E-state index is 13.3. The zero-order valence-corrected chi connectivity index (χ0v) is 15.4. The summed E-state index contributed by atoms with van der Waals surface area (Å²) in [7, 11) is 0. The van der Waals surface area contributed by atoms with Gasteiger partial charge in [0.05, 0.1) is 17.7 Å². The fourth-order valence-corrected chi connectivity index (χ4v) is 4.36. The second-order valence-corrected chi connectivity index (χ2v) is 7.59. The minimum absolute atomic E-state index is 0.0324. The normalized spacial score (nSPS) is 24.1. The van der Waals surface area contributed by atoms with E-state index in [1.807, 2.05) is 17.0 Å². The van der Waals surface area contributed by atoms with Crippen LogP contribution in [-0.4, -0.2) is 11.9 Å². The number of halogens is 1. The van der Waals surface area contributed by atoms with E-state index in [1.54, 1.807) is 25.1 Å². The van der Waals surface area contributed by atoms with Gasteiger partial charge < -0.3 is 10.2 Å². The van der Waals surface area contributed by atoms with Crippen molar-refractivity contribution < 1.29 is 9.18 Å². The Kier molecular flexibility index (Phi) is 4.35. The molecule has 4 rings (SSSR count). The summed E-state index contributed by atoms with van der Waals surface area (Å²) in [5.74, 6) is 0.422. The molecule has 0 aromatic heterocycles. The first kappa shape index (κ1) is 17.5. The van der Waals surface area contributed by atoms with E-state index < -0.39 is 0 Å². The Labute approximate surface area is 158 Å². The SMILES string of the molecule is CC(=O)N1c2ccc(C#N)cc2[C@H](Nc2ccc(F)cc2)[C@@H](C)[C@@H]1C1CC1. The van der Waals surface area contributed by atoms with Gasteiger partial charge >= 0.3 is 0 Å². The van der Waals surface area contributed by atoms with E-state index in [2.05, 4.69) is 18.3 Å². The minimum Gasteiger partial charge on any atom is -0.378 e. The number of benzene rings is 2. The number of rotatable bonds is 3. The quantitative estimate of drug-likeness (QED) is 0.865. The molecule has 1 amide bonds. The van der Waals surface area contributed by atoms with Crippen LogP contribution in [0.15, 0.2) is 42.5 Å². The molecule has 0 spiro atoms. The van der Waals surface area contributed by atoms with E-state index in [9.17, 15) is 14.4 Å². The number of anilines is 2. The average Bonchev–Trinajstić information content (AvgIpc) is 3.49. The standard InChI is InChI=1S/C22H22FN3O/c1-13-21(25-18-8-6-17(23)7-9-18)19-11-15(12-24)3-10-20(19)26(14(2)27)22(13)16-4-5-16/h3,6-11,13,16,21-22,25H,4-5H2,1-2H3/t13-,21-,22-/m1/s1. The molecule has 0 radical (unpaired) electrons. The highest BCUT2D eigenvalue weighted by atomic mass is 19.1. The second kappa shape index (κ2) is 6.70. The van der Waals surface area contributed by atoms with Crippen LogP contribution in [0.25, 0.3) is 0 Å². The predicted octanol–water partition coefficient (Wildman–Crippen LogP) is 4.63. The fourth-order valence-electron chi connectivity index (χ4n) is 4.36. The van der Waals surface area contributed by atoms with E-state index in [1.165, 1.54) is 12.1 Å². The van der Waals surface area contributed by atoms with Crippen LogP contribution < -0.4 is 10.2 Å². The van der Waals surface area contributed by atoms with Gasteiger partial charge in [-0.1, -0.05) is 6.92 Å². The average molecular weight is 363 g/mol. The summed E-state index contributed by atoms with van der Waals surface area (Å²) in [6.45, 7) is 3.76. The van der Waals surface area contributed by atoms with Crippen LogP contribution in [0, 0.1) is 29.0 Å². The molecule has 27 heavy (non-hydrogen) atoms. The van der Waals surface area contributed by atoms with Crippen molar-refractivity contribution in [1.29, 1.82) is 5.26 Å². The first-order valence-electron chi connectivity index (χ1n) is 9.35. The van der Waals surface area contributed by atoms with Crippen molar-refractivity contribution in [2.75, 3.05) is 10.2 Å². The summed E-state index contributed by atoms with van der Waals surface area (Å²) in [6, 6.07) is 14.1. The smallest absolute Gasteiger partial charge is 0.224 e. The van der Waals surface area contributed by atoms with Gasteiger partial charge in [-0.2, -0.15) is 5.26 Å². The number of amides is 1. The van der Waals surface area contributed by atoms with Gasteiger partial charge in [-0.05, 0) is 66.8 Å². The largest absolute Gasteiger partial charge is 0.378 e. The van der Waals surface area contributed by atoms with Crippen molar-refractivity contribution in [3.05, 3.63) is 59.4 Å². The van der Waals surface area contributed by atoms with Gasteiger partial charge in [0.2, 0.25) is 5.91 Å². The van der Waals surface area contributed by atoms with E-state index in [4.69, 9.17) is 0 Å². The van der Waals surface area contributed by atoms with Crippen molar-refractivity contribution in [3.63, 3.8) is 0 Å². The maximum atomic E-state index is 13.3. The van der Waals surface area contributed by atoms with Crippen LogP contribution in [0.5, 0.6) is 0 Å². The number of fused-ring (bicyclic) bond motifs is 1. The van der Waals surface area contributed by atoms with Gasteiger partial charge in [0.1, 0.15) is 5.82 Å². The van der Waals surface area contributed by atoms with Crippen molar-refractivity contribution >= 4 is 17.3 Å². The molecule has 1 saturated carbocycles. The minimum atomic E-state index is -0.275. The third-order valence-corrected chi connectivity index (χ3v) is 5.72. The fraction of sp³-hybridized carbons (Fsp3) is 0.364. The molecule has 138 valence electrons. The molecule has 0 saturated heterocycles. The summed E-state index contributed by atoms with van der Waals surface area (Å²) >= 11 is 0. The number of carbonyl (C=O) groups excluding carboxylic acids is 1. The van der Waals surface area contributed by atoms with Gasteiger partial charge in [0.25, 0.3) is 0 Å². The molecule has 2 aliphatic rings. The molecule has 4 nitrogen and oxygen atoms in total. The third kappa shape index (κ3) is 3.16. The summed E-state index contributed by atoms with van der Waals surface area (Å²) in [5.41, 5.74) is 3.21. The zero-order valence-electron chi connectivity index (χ0n) is 15.4. The summed E-state index contributed by atoms with van der Waals surface area (Å²) in [5, 5.41) is 12.9. The number of hydrogen-bond acceptors (Lipinski definition) is 3. The molecule has 2 aromatic carbocycles. The Morgan fingerprint density at radius 2 is 1.93 bits per heavy atom. The summed E-state index contributed by atoms with van der Waals surface area (Å²) in [6.07, 6.45) is 2.27. The van der Waals surface area contributed by atoms with Gasteiger partial charge in [-0.3, -0.25) is 4.79 Å². The molecule has 1 fully saturated rings. The molecule has 1 aliphatic heterocycles. The summed E-state index contributed by atoms with van der Waals surface area (Å²) < 4.78 is 13.3. The highest BCUT2D eigenvalue weighted by Crippen LogP contribution is 2.50. The van der Waals surface area contributed by atoms with Crippen LogP contribution >= 0.6 is 0 Å². The lowest BCUT2D eigenvalue weighted by Gasteiger charge is -2.46. The topological polar surface area (TPSA) is 56.1 Å². The molecule has 3 atom stereocenters. The van der Waals surface area contributed by atoms with Crippen LogP contribution in [0.1, 0.15) is 43.9 Å². The first-order valence-corrected chi connectivity index (χ1v) is 9.35. The van der Waals surface area contributed by atoms with Gasteiger partial charge in [0, 0.05) is 30.3 Å². The van der Waals surface area contributed by atoms with Crippen molar-refractivity contribution in [2.45, 2.75) is 38.8 Å². The maximum Gasteiger partial charge on any atom is 0.224 e. The number of nitrogens with one attached hydrogen (secondary N) is 1. The molecule has 2 aromatic rings. The number of nitrogens with zero attached hydrogens (tertiary/aromatic N) is 2. The zero-order chi connectivity index (χ0) is 19.1. The highest BCUT2D eigenvalue weighted by molar-refractivity contribution is 5.94. The highest BCUT2D eigenvalue weighted by Gasteiger charge is 2.47. The molecule has 0 bridgehead atoms. The van der Waals surface area contributed by atoms with E-state index >= 15 is 0 Å². The van der Waals surface area contributed by atoms with Crippen LogP contribution in [0.2, 0.25) is 0 Å². The molecular weight excluding hydrogens is 341 g/mol. The molecule has 1 N–H and O–H groups in total. The Balaban J connectivity index is 1.81. The second-order valence-electron chi connectivity index (χ2n) is 7.59. The van der Waals surface area contributed by atoms with Crippen molar-refractivity contribution in [1.82, 2.24) is 0 Å². The van der Waals surface area contributed by atoms with E-state index in [-0.39, 0.29) is 29.7 Å². The molecule has 0 unspecified atom stereocenters. The molecular formula is C22H22FN3O. The molecule has 1 aliphatic carbocycles. The lowest BCUT2D eigenvalue weighted by molar-refractivity contribution is -0.117.